The minimum Gasteiger partial charge on any atom is -0.443 e. The highest BCUT2D eigenvalue weighted by Gasteiger charge is 2.34. The van der Waals surface area contributed by atoms with Crippen LogP contribution >= 0.6 is 0 Å². The van der Waals surface area contributed by atoms with Crippen LogP contribution in [0.5, 0.6) is 0 Å². The lowest BCUT2D eigenvalue weighted by Gasteiger charge is -2.14. The summed E-state index contributed by atoms with van der Waals surface area (Å²) in [6, 6.07) is 0. The van der Waals surface area contributed by atoms with Crippen molar-refractivity contribution in [2.45, 2.75) is 12.5 Å². The molecule has 16 heavy (non-hydrogen) atoms. The molecule has 0 radical (unpaired) electrons. The molecular formula is C5H9FN2O6S2. The van der Waals surface area contributed by atoms with Gasteiger partial charge in [0.1, 0.15) is 6.10 Å². The first kappa shape index (κ1) is 13.1. The zero-order chi connectivity index (χ0) is 12.6. The zero-order valence-corrected chi connectivity index (χ0v) is 9.50. The van der Waals surface area contributed by atoms with Gasteiger partial charge >= 0.3 is 16.5 Å². The number of carbonyl (C=O) groups is 1. The number of nitrogens with two attached hydrogens (primary N) is 1. The molecule has 1 aliphatic heterocycles. The summed E-state index contributed by atoms with van der Waals surface area (Å²) in [4.78, 5) is 10.9. The highest BCUT2D eigenvalue weighted by molar-refractivity contribution is 7.91. The third kappa shape index (κ3) is 3.28. The fraction of sp³-hybridized carbons (Fsp3) is 0.800. The van der Waals surface area contributed by atoms with Gasteiger partial charge in [0, 0.05) is 0 Å². The number of rotatable bonds is 2. The molecule has 11 heteroatoms. The summed E-state index contributed by atoms with van der Waals surface area (Å²) in [6.07, 6.45) is -2.61. The largest absolute Gasteiger partial charge is 0.443 e. The molecule has 1 atom stereocenters. The molecule has 1 rings (SSSR count). The summed E-state index contributed by atoms with van der Waals surface area (Å²) >= 11 is 0. The Bertz CT molecular complexity index is 485. The lowest BCUT2D eigenvalue weighted by molar-refractivity contribution is 0.0909. The monoisotopic (exact) mass is 276 g/mol. The second-order valence-electron chi connectivity index (χ2n) is 3.15. The van der Waals surface area contributed by atoms with E-state index in [0.717, 1.165) is 0 Å². The predicted molar refractivity (Wildman–Crippen MR) is 49.6 cm³/mol. The summed E-state index contributed by atoms with van der Waals surface area (Å²) in [5, 5.41) is 0. The number of hydrogen-bond donors (Lipinski definition) is 1. The van der Waals surface area contributed by atoms with Gasteiger partial charge in [-0.2, -0.15) is 8.42 Å². The minimum atomic E-state index is -5.39. The fourth-order valence-electron chi connectivity index (χ4n) is 1.14. The van der Waals surface area contributed by atoms with Gasteiger partial charge in [-0.25, -0.2) is 19.1 Å². The Morgan fingerprint density at radius 3 is 2.44 bits per heavy atom. The molecule has 2 N–H and O–H groups in total. The van der Waals surface area contributed by atoms with E-state index in [-0.39, 0.29) is 12.2 Å². The van der Waals surface area contributed by atoms with Crippen LogP contribution in [0.4, 0.5) is 8.68 Å². The molecule has 1 saturated heterocycles. The second kappa shape index (κ2) is 4.14. The van der Waals surface area contributed by atoms with Gasteiger partial charge in [-0.05, 0) is 6.42 Å². The fourth-order valence-corrected chi connectivity index (χ4v) is 2.95. The maximum Gasteiger partial charge on any atom is 0.440 e. The molecule has 1 aliphatic rings. The number of hydrazine groups is 1. The van der Waals surface area contributed by atoms with Crippen molar-refractivity contribution in [2.24, 2.45) is 5.84 Å². The van der Waals surface area contributed by atoms with Gasteiger partial charge < -0.3 is 4.74 Å². The quantitative estimate of drug-likeness (QED) is 0.287. The van der Waals surface area contributed by atoms with Crippen LogP contribution in [0.2, 0.25) is 0 Å². The van der Waals surface area contributed by atoms with E-state index in [2.05, 4.69) is 10.6 Å². The maximum absolute atomic E-state index is 12.2. The van der Waals surface area contributed by atoms with E-state index in [9.17, 15) is 25.5 Å². The number of nitrogens with zero attached hydrogens (tertiary/aromatic N) is 1. The maximum atomic E-state index is 12.2. The Labute approximate surface area is 91.4 Å². The van der Waals surface area contributed by atoms with Crippen LogP contribution in [0, 0.1) is 0 Å². The van der Waals surface area contributed by atoms with Crippen molar-refractivity contribution in [3.05, 3.63) is 0 Å². The average molecular weight is 276 g/mol. The number of hydrogen-bond acceptors (Lipinski definition) is 7. The molecule has 0 aromatic carbocycles. The van der Waals surface area contributed by atoms with Gasteiger partial charge in [0.05, 0.1) is 11.5 Å². The molecule has 1 heterocycles. The van der Waals surface area contributed by atoms with Crippen molar-refractivity contribution in [1.82, 2.24) is 4.41 Å². The number of carbonyl (C=O) groups excluding carboxylic acids is 1. The Kier molecular flexibility index (Phi) is 3.40. The third-order valence-corrected chi connectivity index (χ3v) is 4.23. The zero-order valence-electron chi connectivity index (χ0n) is 7.87. The van der Waals surface area contributed by atoms with Crippen LogP contribution in [-0.2, 0) is 25.0 Å². The van der Waals surface area contributed by atoms with Crippen molar-refractivity contribution in [1.29, 1.82) is 0 Å². The smallest absolute Gasteiger partial charge is 0.440 e. The normalized spacial score (nSPS) is 24.0. The molecule has 8 nitrogen and oxygen atoms in total. The van der Waals surface area contributed by atoms with E-state index >= 15 is 0 Å². The lowest BCUT2D eigenvalue weighted by atomic mass is 10.3. The van der Waals surface area contributed by atoms with Gasteiger partial charge in [0.25, 0.3) is 0 Å². The first-order valence-electron chi connectivity index (χ1n) is 4.02. The molecule has 0 aliphatic carbocycles. The average Bonchev–Trinajstić information content (AvgIpc) is 2.42. The van der Waals surface area contributed by atoms with Gasteiger partial charge in [-0.15, -0.1) is 4.41 Å². The summed E-state index contributed by atoms with van der Waals surface area (Å²) in [6.45, 7) is 0. The number of ether oxygens (including phenoxy) is 1. The van der Waals surface area contributed by atoms with E-state index in [1.54, 1.807) is 0 Å². The Morgan fingerprint density at radius 1 is 1.50 bits per heavy atom. The van der Waals surface area contributed by atoms with Gasteiger partial charge in [-0.3, -0.25) is 0 Å². The van der Waals surface area contributed by atoms with Crippen molar-refractivity contribution in [2.75, 3.05) is 11.5 Å². The first-order chi connectivity index (χ1) is 7.12. The van der Waals surface area contributed by atoms with Crippen molar-refractivity contribution in [3.63, 3.8) is 0 Å². The molecule has 1 fully saturated rings. The lowest BCUT2D eigenvalue weighted by Crippen LogP contribution is -2.42. The summed E-state index contributed by atoms with van der Waals surface area (Å²) in [5.74, 6) is 4.00. The number of amides is 1. The van der Waals surface area contributed by atoms with Crippen LogP contribution in [0.1, 0.15) is 6.42 Å². The Balaban J connectivity index is 2.61. The van der Waals surface area contributed by atoms with Gasteiger partial charge in [-0.1, -0.05) is 3.89 Å². The number of sulfone groups is 1. The van der Waals surface area contributed by atoms with Gasteiger partial charge in [0.2, 0.25) is 0 Å². The summed E-state index contributed by atoms with van der Waals surface area (Å²) in [7, 11) is -8.67. The van der Waals surface area contributed by atoms with Crippen LogP contribution in [0.15, 0.2) is 0 Å². The summed E-state index contributed by atoms with van der Waals surface area (Å²) < 4.78 is 58.2. The molecular weight excluding hydrogens is 267 g/mol. The molecule has 0 bridgehead atoms. The molecule has 1 unspecified atom stereocenters. The second-order valence-corrected chi connectivity index (χ2v) is 6.59. The molecule has 0 aromatic heterocycles. The third-order valence-electron chi connectivity index (χ3n) is 1.87. The van der Waals surface area contributed by atoms with E-state index in [4.69, 9.17) is 0 Å². The molecule has 0 saturated carbocycles. The van der Waals surface area contributed by atoms with Crippen LogP contribution in [0.25, 0.3) is 0 Å². The van der Waals surface area contributed by atoms with Crippen LogP contribution in [-0.4, -0.2) is 45.0 Å². The predicted octanol–water partition coefficient (Wildman–Crippen LogP) is -1.30. The first-order valence-corrected chi connectivity index (χ1v) is 7.18. The SMILES string of the molecule is NN(C(=O)OC1CCS(=O)(=O)C1)S(=O)(=O)F. The topological polar surface area (TPSA) is 124 Å². The molecule has 0 aromatic rings. The van der Waals surface area contributed by atoms with Crippen LogP contribution < -0.4 is 5.84 Å². The standard InChI is InChI=1S/C5H9FN2O6S2/c6-16(12,13)8(7)5(9)14-4-1-2-15(10,11)3-4/h4H,1-3,7H2. The number of halogens is 1. The van der Waals surface area contributed by atoms with E-state index in [1.165, 1.54) is 0 Å². The van der Waals surface area contributed by atoms with Crippen molar-refractivity contribution < 1.29 is 30.3 Å². The Hall–Kier alpha value is -0.940. The van der Waals surface area contributed by atoms with Gasteiger partial charge in [0.15, 0.2) is 9.84 Å². The Morgan fingerprint density at radius 2 is 2.06 bits per heavy atom. The van der Waals surface area contributed by atoms with E-state index in [1.807, 2.05) is 0 Å². The summed E-state index contributed by atoms with van der Waals surface area (Å²) in [5.41, 5.74) is 0. The van der Waals surface area contributed by atoms with Crippen molar-refractivity contribution >= 4 is 26.3 Å². The molecule has 1 amide bonds. The van der Waals surface area contributed by atoms with E-state index < -0.39 is 42.6 Å². The highest BCUT2D eigenvalue weighted by atomic mass is 32.3. The van der Waals surface area contributed by atoms with Crippen LogP contribution in [0.3, 0.4) is 0 Å². The molecule has 0 spiro atoms. The van der Waals surface area contributed by atoms with E-state index in [0.29, 0.717) is 0 Å². The van der Waals surface area contributed by atoms with Crippen molar-refractivity contribution in [3.8, 4) is 0 Å². The highest BCUT2D eigenvalue weighted by Crippen LogP contribution is 2.16. The molecule has 94 valence electrons. The minimum absolute atomic E-state index is 0.0360.